The molecule has 2 aromatic rings. The van der Waals surface area contributed by atoms with Crippen molar-refractivity contribution in [1.82, 2.24) is 9.55 Å². The maximum absolute atomic E-state index is 12.5. The van der Waals surface area contributed by atoms with Gasteiger partial charge in [0.15, 0.2) is 0 Å². The Hall–Kier alpha value is -1.67. The Morgan fingerprint density at radius 3 is 3.06 bits per heavy atom. The van der Waals surface area contributed by atoms with Gasteiger partial charge in [0.1, 0.15) is 17.2 Å². The zero-order valence-corrected chi connectivity index (χ0v) is 11.0. The van der Waals surface area contributed by atoms with Crippen LogP contribution in [0.15, 0.2) is 4.79 Å². The number of thiophene rings is 1. The first kappa shape index (κ1) is 11.4. The highest BCUT2D eigenvalue weighted by Gasteiger charge is 2.22. The molecule has 0 saturated heterocycles. The van der Waals surface area contributed by atoms with Crippen LogP contribution < -0.4 is 5.56 Å². The molecule has 0 radical (unpaired) electrons. The van der Waals surface area contributed by atoms with Crippen LogP contribution in [0.4, 0.5) is 0 Å². The molecule has 1 aliphatic carbocycles. The smallest absolute Gasteiger partial charge is 0.263 e. The summed E-state index contributed by atoms with van der Waals surface area (Å²) < 4.78 is 1.52. The number of nitrogens with zero attached hydrogens (tertiary/aromatic N) is 3. The first-order chi connectivity index (χ1) is 8.76. The van der Waals surface area contributed by atoms with Crippen molar-refractivity contribution in [3.05, 3.63) is 26.6 Å². The fourth-order valence-corrected chi connectivity index (χ4v) is 3.89. The van der Waals surface area contributed by atoms with E-state index in [9.17, 15) is 4.79 Å². The highest BCUT2D eigenvalue weighted by Crippen LogP contribution is 2.34. The molecule has 0 fully saturated rings. The van der Waals surface area contributed by atoms with Crippen LogP contribution >= 0.6 is 11.3 Å². The van der Waals surface area contributed by atoms with E-state index in [0.29, 0.717) is 12.2 Å². The van der Waals surface area contributed by atoms with Gasteiger partial charge in [0, 0.05) is 11.3 Å². The van der Waals surface area contributed by atoms with Gasteiger partial charge < -0.3 is 0 Å². The second-order valence-electron chi connectivity index (χ2n) is 4.47. The highest BCUT2D eigenvalue weighted by molar-refractivity contribution is 7.18. The van der Waals surface area contributed by atoms with Gasteiger partial charge in [-0.25, -0.2) is 4.98 Å². The zero-order chi connectivity index (χ0) is 12.7. The van der Waals surface area contributed by atoms with Crippen molar-refractivity contribution in [3.63, 3.8) is 0 Å². The summed E-state index contributed by atoms with van der Waals surface area (Å²) in [7, 11) is 0. The molecular formula is C13H13N3OS. The van der Waals surface area contributed by atoms with Crippen molar-refractivity contribution in [2.75, 3.05) is 0 Å². The Bertz CT molecular complexity index is 720. The van der Waals surface area contributed by atoms with E-state index in [4.69, 9.17) is 5.26 Å². The lowest BCUT2D eigenvalue weighted by molar-refractivity contribution is 0.706. The second kappa shape index (κ2) is 4.21. The average molecular weight is 259 g/mol. The Morgan fingerprint density at radius 1 is 1.50 bits per heavy atom. The van der Waals surface area contributed by atoms with Gasteiger partial charge in [-0.3, -0.25) is 9.36 Å². The van der Waals surface area contributed by atoms with E-state index in [-0.39, 0.29) is 12.1 Å². The van der Waals surface area contributed by atoms with E-state index in [0.717, 1.165) is 29.5 Å². The number of rotatable bonds is 2. The first-order valence-electron chi connectivity index (χ1n) is 6.17. The topological polar surface area (TPSA) is 58.7 Å². The van der Waals surface area contributed by atoms with E-state index < -0.39 is 0 Å². The van der Waals surface area contributed by atoms with Crippen molar-refractivity contribution in [1.29, 1.82) is 5.26 Å². The van der Waals surface area contributed by atoms with Gasteiger partial charge in [0.25, 0.3) is 5.56 Å². The number of nitriles is 1. The predicted molar refractivity (Wildman–Crippen MR) is 70.9 cm³/mol. The van der Waals surface area contributed by atoms with Gasteiger partial charge >= 0.3 is 0 Å². The summed E-state index contributed by atoms with van der Waals surface area (Å²) in [4.78, 5) is 19.2. The third kappa shape index (κ3) is 1.49. The molecule has 2 aromatic heterocycles. The summed E-state index contributed by atoms with van der Waals surface area (Å²) in [6.45, 7) is 2.05. The van der Waals surface area contributed by atoms with Crippen LogP contribution in [-0.2, 0) is 25.8 Å². The van der Waals surface area contributed by atoms with E-state index in [2.05, 4.69) is 11.1 Å². The van der Waals surface area contributed by atoms with Crippen molar-refractivity contribution >= 4 is 21.6 Å². The normalized spacial score (nSPS) is 13.8. The van der Waals surface area contributed by atoms with Gasteiger partial charge in [-0.05, 0) is 24.8 Å². The molecule has 1 aliphatic rings. The minimum absolute atomic E-state index is 0.0298. The van der Waals surface area contributed by atoms with E-state index in [1.54, 1.807) is 11.3 Å². The highest BCUT2D eigenvalue weighted by atomic mass is 32.1. The van der Waals surface area contributed by atoms with E-state index in [1.807, 2.05) is 6.92 Å². The fraction of sp³-hybridized carbons (Fsp3) is 0.462. The molecule has 5 heteroatoms. The van der Waals surface area contributed by atoms with Gasteiger partial charge in [0.05, 0.1) is 11.5 Å². The van der Waals surface area contributed by atoms with Gasteiger partial charge in [-0.2, -0.15) is 5.26 Å². The molecule has 18 heavy (non-hydrogen) atoms. The molecule has 0 spiro atoms. The molecule has 0 N–H and O–H groups in total. The van der Waals surface area contributed by atoms with Crippen LogP contribution in [0.5, 0.6) is 0 Å². The molecule has 92 valence electrons. The van der Waals surface area contributed by atoms with Crippen molar-refractivity contribution in [3.8, 4) is 6.07 Å². The summed E-state index contributed by atoms with van der Waals surface area (Å²) in [5.74, 6) is 0.717. The van der Waals surface area contributed by atoms with Crippen LogP contribution in [0, 0.1) is 11.3 Å². The summed E-state index contributed by atoms with van der Waals surface area (Å²) >= 11 is 1.65. The maximum atomic E-state index is 12.5. The lowest BCUT2D eigenvalue weighted by Crippen LogP contribution is -2.24. The third-order valence-corrected chi connectivity index (χ3v) is 4.63. The Kier molecular flexibility index (Phi) is 2.67. The van der Waals surface area contributed by atoms with E-state index >= 15 is 0 Å². The Morgan fingerprint density at radius 2 is 2.33 bits per heavy atom. The lowest BCUT2D eigenvalue weighted by atomic mass is 10.2. The number of aryl methyl sites for hydroxylation is 3. The number of aromatic nitrogens is 2. The molecule has 0 aliphatic heterocycles. The van der Waals surface area contributed by atoms with Crippen LogP contribution in [-0.4, -0.2) is 9.55 Å². The molecular weight excluding hydrogens is 246 g/mol. The van der Waals surface area contributed by atoms with Gasteiger partial charge in [0.2, 0.25) is 0 Å². The summed E-state index contributed by atoms with van der Waals surface area (Å²) in [5, 5.41) is 9.61. The quantitative estimate of drug-likeness (QED) is 0.829. The van der Waals surface area contributed by atoms with Gasteiger partial charge in [-0.1, -0.05) is 6.92 Å². The standard InChI is InChI=1S/C13H13N3OS/c1-2-10-15-12-11(13(17)16(10)7-6-14)8-4-3-5-9(8)18-12/h2-5,7H2,1H3. The second-order valence-corrected chi connectivity index (χ2v) is 5.55. The average Bonchev–Trinajstić information content (AvgIpc) is 2.92. The molecule has 3 rings (SSSR count). The first-order valence-corrected chi connectivity index (χ1v) is 6.98. The molecule has 0 bridgehead atoms. The van der Waals surface area contributed by atoms with Gasteiger partial charge in [-0.15, -0.1) is 11.3 Å². The monoisotopic (exact) mass is 259 g/mol. The molecule has 0 atom stereocenters. The molecule has 0 amide bonds. The molecule has 0 unspecified atom stereocenters. The third-order valence-electron chi connectivity index (χ3n) is 3.45. The predicted octanol–water partition coefficient (Wildman–Crippen LogP) is 2.03. The number of hydrogen-bond donors (Lipinski definition) is 0. The molecule has 0 saturated carbocycles. The van der Waals surface area contributed by atoms with Crippen LogP contribution in [0.2, 0.25) is 0 Å². The van der Waals surface area contributed by atoms with Crippen LogP contribution in [0.1, 0.15) is 29.6 Å². The summed E-state index contributed by atoms with van der Waals surface area (Å²) in [6.07, 6.45) is 3.85. The minimum Gasteiger partial charge on any atom is -0.282 e. The van der Waals surface area contributed by atoms with Crippen LogP contribution in [0.25, 0.3) is 10.2 Å². The molecule has 4 nitrogen and oxygen atoms in total. The Balaban J connectivity index is 2.38. The maximum Gasteiger partial charge on any atom is 0.263 e. The SMILES string of the molecule is CCc1nc2sc3c(c2c(=O)n1CC#N)CCC3. The number of hydrogen-bond acceptors (Lipinski definition) is 4. The van der Waals surface area contributed by atoms with Crippen molar-refractivity contribution < 1.29 is 0 Å². The lowest BCUT2D eigenvalue weighted by Gasteiger charge is -2.07. The Labute approximate surface area is 109 Å². The molecule has 0 aromatic carbocycles. The largest absolute Gasteiger partial charge is 0.282 e. The summed E-state index contributed by atoms with van der Waals surface area (Å²) in [6, 6.07) is 2.05. The van der Waals surface area contributed by atoms with Crippen molar-refractivity contribution in [2.45, 2.75) is 39.2 Å². The van der Waals surface area contributed by atoms with E-state index in [1.165, 1.54) is 15.0 Å². The van der Waals surface area contributed by atoms with Crippen molar-refractivity contribution in [2.24, 2.45) is 0 Å². The minimum atomic E-state index is -0.0298. The zero-order valence-electron chi connectivity index (χ0n) is 10.2. The summed E-state index contributed by atoms with van der Waals surface area (Å²) in [5.41, 5.74) is 1.15. The molecule has 2 heterocycles. The fourth-order valence-electron chi connectivity index (χ4n) is 2.62. The van der Waals surface area contributed by atoms with Crippen LogP contribution in [0.3, 0.4) is 0 Å². The number of fused-ring (bicyclic) bond motifs is 3.